The first-order valence-electron chi connectivity index (χ1n) is 15.1. The number of hydrogen-bond donors (Lipinski definition) is 0. The largest absolute Gasteiger partial charge is 0.462 e. The monoisotopic (exact) mass is 570 g/mol. The number of para-hydroxylation sites is 2. The highest BCUT2D eigenvalue weighted by molar-refractivity contribution is 5.97. The first-order chi connectivity index (χ1) is 20.8. The summed E-state index contributed by atoms with van der Waals surface area (Å²) in [7, 11) is 2.08. The standard InChI is InChI=1S/C37H38N4O2/c1-6-11-34-39-35-25(4)20-28(36-38-31-14-9-10-15-32(31)40(36)5)21-33(35)41(34)22-26-16-18-27(19-17-26)29-12-7-8-13-30(29)37(42)43-23-24(2)3/h7-10,12-21,24H,6,11,22-23H2,1-5H3. The van der Waals surface area contributed by atoms with Gasteiger partial charge in [-0.25, -0.2) is 14.8 Å². The summed E-state index contributed by atoms with van der Waals surface area (Å²) in [6.45, 7) is 9.52. The molecule has 6 nitrogen and oxygen atoms in total. The molecular formula is C37H38N4O2. The quantitative estimate of drug-likeness (QED) is 0.164. The molecule has 6 aromatic rings. The number of benzene rings is 4. The zero-order chi connectivity index (χ0) is 30.1. The summed E-state index contributed by atoms with van der Waals surface area (Å²) in [5.74, 6) is 2.04. The lowest BCUT2D eigenvalue weighted by Crippen LogP contribution is -2.11. The van der Waals surface area contributed by atoms with Crippen molar-refractivity contribution in [3.05, 3.63) is 107 Å². The summed E-state index contributed by atoms with van der Waals surface area (Å²) in [6.07, 6.45) is 1.92. The maximum atomic E-state index is 12.8. The number of aromatic nitrogens is 4. The minimum atomic E-state index is -0.283. The van der Waals surface area contributed by atoms with Gasteiger partial charge in [0.05, 0.1) is 34.2 Å². The van der Waals surface area contributed by atoms with E-state index in [1.54, 1.807) is 0 Å². The van der Waals surface area contributed by atoms with E-state index in [0.29, 0.717) is 18.7 Å². The van der Waals surface area contributed by atoms with Gasteiger partial charge in [0, 0.05) is 25.6 Å². The molecule has 0 atom stereocenters. The van der Waals surface area contributed by atoms with Crippen LogP contribution in [0.4, 0.5) is 0 Å². The van der Waals surface area contributed by atoms with Crippen molar-refractivity contribution in [3.8, 4) is 22.5 Å². The molecule has 0 aliphatic heterocycles. The van der Waals surface area contributed by atoms with Crippen molar-refractivity contribution in [2.24, 2.45) is 13.0 Å². The Balaban J connectivity index is 1.36. The van der Waals surface area contributed by atoms with Crippen LogP contribution in [0.2, 0.25) is 0 Å². The molecular weight excluding hydrogens is 532 g/mol. The van der Waals surface area contributed by atoms with E-state index >= 15 is 0 Å². The number of ether oxygens (including phenoxy) is 1. The Bertz CT molecular complexity index is 1930. The number of fused-ring (bicyclic) bond motifs is 2. The first kappa shape index (κ1) is 28.4. The number of carbonyl (C=O) groups excluding carboxylic acids is 1. The van der Waals surface area contributed by atoms with Crippen molar-refractivity contribution in [1.29, 1.82) is 0 Å². The molecule has 0 unspecified atom stereocenters. The molecule has 0 aliphatic rings. The summed E-state index contributed by atoms with van der Waals surface area (Å²) >= 11 is 0. The molecule has 2 heterocycles. The third-order valence-corrected chi connectivity index (χ3v) is 7.94. The number of carbonyl (C=O) groups is 1. The average Bonchev–Trinajstić information content (AvgIpc) is 3.54. The summed E-state index contributed by atoms with van der Waals surface area (Å²) in [4.78, 5) is 22.9. The van der Waals surface area contributed by atoms with Gasteiger partial charge in [-0.05, 0) is 71.8 Å². The Morgan fingerprint density at radius 2 is 1.63 bits per heavy atom. The van der Waals surface area contributed by atoms with Crippen LogP contribution in [0, 0.1) is 12.8 Å². The lowest BCUT2D eigenvalue weighted by atomic mass is 9.98. The van der Waals surface area contributed by atoms with Crippen molar-refractivity contribution in [1.82, 2.24) is 19.1 Å². The Kier molecular flexibility index (Phi) is 7.85. The van der Waals surface area contributed by atoms with Gasteiger partial charge in [0.2, 0.25) is 0 Å². The van der Waals surface area contributed by atoms with Gasteiger partial charge in [0.1, 0.15) is 11.6 Å². The predicted molar refractivity (Wildman–Crippen MR) is 174 cm³/mol. The lowest BCUT2D eigenvalue weighted by Gasteiger charge is -2.13. The van der Waals surface area contributed by atoms with E-state index < -0.39 is 0 Å². The van der Waals surface area contributed by atoms with Crippen LogP contribution in [0.3, 0.4) is 0 Å². The fraction of sp³-hybridized carbons (Fsp3) is 0.270. The van der Waals surface area contributed by atoms with Crippen LogP contribution >= 0.6 is 0 Å². The molecule has 0 aliphatic carbocycles. The van der Waals surface area contributed by atoms with Crippen molar-refractivity contribution >= 4 is 28.0 Å². The molecule has 4 aromatic carbocycles. The van der Waals surface area contributed by atoms with Crippen molar-refractivity contribution in [3.63, 3.8) is 0 Å². The third kappa shape index (κ3) is 5.57. The van der Waals surface area contributed by atoms with E-state index in [4.69, 9.17) is 14.7 Å². The van der Waals surface area contributed by atoms with Crippen LogP contribution in [0.1, 0.15) is 54.5 Å². The van der Waals surface area contributed by atoms with Crippen LogP contribution in [0.5, 0.6) is 0 Å². The number of aryl methyl sites for hydroxylation is 3. The second kappa shape index (κ2) is 11.9. The van der Waals surface area contributed by atoms with Gasteiger partial charge in [-0.3, -0.25) is 0 Å². The highest BCUT2D eigenvalue weighted by Gasteiger charge is 2.18. The zero-order valence-corrected chi connectivity index (χ0v) is 25.6. The molecule has 43 heavy (non-hydrogen) atoms. The predicted octanol–water partition coefficient (Wildman–Crippen LogP) is 8.38. The topological polar surface area (TPSA) is 61.9 Å². The van der Waals surface area contributed by atoms with Crippen molar-refractivity contribution in [2.45, 2.75) is 47.1 Å². The summed E-state index contributed by atoms with van der Waals surface area (Å²) < 4.78 is 10.1. The maximum absolute atomic E-state index is 12.8. The fourth-order valence-electron chi connectivity index (χ4n) is 5.77. The second-order valence-electron chi connectivity index (χ2n) is 11.7. The minimum Gasteiger partial charge on any atom is -0.462 e. The van der Waals surface area contributed by atoms with Crippen molar-refractivity contribution < 1.29 is 9.53 Å². The SMILES string of the molecule is CCCc1nc2c(C)cc(-c3nc4ccccc4n3C)cc2n1Cc1ccc(-c2ccccc2C(=O)OCC(C)C)cc1. The highest BCUT2D eigenvalue weighted by atomic mass is 16.5. The molecule has 0 fully saturated rings. The van der Waals surface area contributed by atoms with Gasteiger partial charge in [-0.15, -0.1) is 0 Å². The summed E-state index contributed by atoms with van der Waals surface area (Å²) in [5, 5.41) is 0. The van der Waals surface area contributed by atoms with E-state index in [0.717, 1.165) is 68.8 Å². The van der Waals surface area contributed by atoms with Crippen LogP contribution in [-0.2, 0) is 24.8 Å². The van der Waals surface area contributed by atoms with E-state index in [2.05, 4.69) is 84.6 Å². The molecule has 0 amide bonds. The van der Waals surface area contributed by atoms with E-state index in [9.17, 15) is 4.79 Å². The molecule has 0 bridgehead atoms. The van der Waals surface area contributed by atoms with Crippen LogP contribution in [-0.4, -0.2) is 31.7 Å². The van der Waals surface area contributed by atoms with Gasteiger partial charge < -0.3 is 13.9 Å². The van der Waals surface area contributed by atoms with Gasteiger partial charge in [0.25, 0.3) is 0 Å². The summed E-state index contributed by atoms with van der Waals surface area (Å²) in [6, 6.07) is 28.8. The second-order valence-corrected chi connectivity index (χ2v) is 11.7. The minimum absolute atomic E-state index is 0.283. The number of imidazole rings is 2. The van der Waals surface area contributed by atoms with Crippen LogP contribution in [0.25, 0.3) is 44.6 Å². The fourth-order valence-corrected chi connectivity index (χ4v) is 5.77. The van der Waals surface area contributed by atoms with Crippen molar-refractivity contribution in [2.75, 3.05) is 6.61 Å². The van der Waals surface area contributed by atoms with Gasteiger partial charge in [-0.1, -0.05) is 75.4 Å². The number of rotatable bonds is 9. The summed E-state index contributed by atoms with van der Waals surface area (Å²) in [5.41, 5.74) is 10.1. The molecule has 6 rings (SSSR count). The Morgan fingerprint density at radius 1 is 0.884 bits per heavy atom. The smallest absolute Gasteiger partial charge is 0.338 e. The first-order valence-corrected chi connectivity index (χ1v) is 15.1. The highest BCUT2D eigenvalue weighted by Crippen LogP contribution is 2.31. The number of nitrogens with zero attached hydrogens (tertiary/aromatic N) is 4. The molecule has 2 aromatic heterocycles. The Labute approximate surface area is 253 Å². The van der Waals surface area contributed by atoms with E-state index in [1.807, 2.05) is 44.2 Å². The maximum Gasteiger partial charge on any atom is 0.338 e. The molecule has 0 radical (unpaired) electrons. The normalized spacial score (nSPS) is 11.6. The molecule has 0 saturated heterocycles. The third-order valence-electron chi connectivity index (χ3n) is 7.94. The van der Waals surface area contributed by atoms with E-state index in [-0.39, 0.29) is 11.9 Å². The molecule has 218 valence electrons. The Hall–Kier alpha value is -4.71. The van der Waals surface area contributed by atoms with Gasteiger partial charge in [-0.2, -0.15) is 0 Å². The van der Waals surface area contributed by atoms with E-state index in [1.165, 1.54) is 5.56 Å². The van der Waals surface area contributed by atoms with Crippen LogP contribution < -0.4 is 0 Å². The van der Waals surface area contributed by atoms with Gasteiger partial charge in [0.15, 0.2) is 0 Å². The number of hydrogen-bond acceptors (Lipinski definition) is 4. The van der Waals surface area contributed by atoms with Gasteiger partial charge >= 0.3 is 5.97 Å². The van der Waals surface area contributed by atoms with Crippen LogP contribution in [0.15, 0.2) is 84.9 Å². The lowest BCUT2D eigenvalue weighted by molar-refractivity contribution is 0.0460. The average molecular weight is 571 g/mol. The molecule has 0 saturated carbocycles. The molecule has 6 heteroatoms. The molecule has 0 spiro atoms. The number of esters is 1. The molecule has 0 N–H and O–H groups in total. The Morgan fingerprint density at radius 3 is 2.37 bits per heavy atom. The zero-order valence-electron chi connectivity index (χ0n) is 25.6.